The molecule has 0 aliphatic carbocycles. The third-order valence-electron chi connectivity index (χ3n) is 3.72. The van der Waals surface area contributed by atoms with E-state index in [9.17, 15) is 4.79 Å². The summed E-state index contributed by atoms with van der Waals surface area (Å²) in [7, 11) is 0. The van der Waals surface area contributed by atoms with Gasteiger partial charge in [0.05, 0.1) is 10.0 Å². The fourth-order valence-corrected chi connectivity index (χ4v) is 3.65. The van der Waals surface area contributed by atoms with Gasteiger partial charge in [0.1, 0.15) is 0 Å². The number of benzene rings is 1. The van der Waals surface area contributed by atoms with Crippen molar-refractivity contribution in [2.45, 2.75) is 18.9 Å². The maximum absolute atomic E-state index is 12.2. The van der Waals surface area contributed by atoms with Crippen molar-refractivity contribution in [1.82, 2.24) is 10.3 Å². The fourth-order valence-electron chi connectivity index (χ4n) is 2.61. The van der Waals surface area contributed by atoms with Crippen LogP contribution >= 0.6 is 34.5 Å². The first-order valence-electron chi connectivity index (χ1n) is 7.04. The van der Waals surface area contributed by atoms with Crippen LogP contribution in [0.1, 0.15) is 23.2 Å². The van der Waals surface area contributed by atoms with E-state index in [2.05, 4.69) is 15.2 Å². The van der Waals surface area contributed by atoms with E-state index < -0.39 is 0 Å². The lowest BCUT2D eigenvalue weighted by Gasteiger charge is -2.24. The number of amides is 1. The molecule has 1 aromatic heterocycles. The molecule has 1 aliphatic rings. The second-order valence-electron chi connectivity index (χ2n) is 5.14. The van der Waals surface area contributed by atoms with Gasteiger partial charge in [0.2, 0.25) is 0 Å². The molecule has 1 atom stereocenters. The molecule has 116 valence electrons. The van der Waals surface area contributed by atoms with E-state index in [0.717, 1.165) is 24.5 Å². The maximum atomic E-state index is 12.2. The minimum atomic E-state index is -0.135. The van der Waals surface area contributed by atoms with Crippen LogP contribution in [0.4, 0.5) is 5.13 Å². The van der Waals surface area contributed by atoms with Crippen LogP contribution in [0, 0.1) is 0 Å². The van der Waals surface area contributed by atoms with Gasteiger partial charge in [-0.05, 0) is 31.0 Å². The van der Waals surface area contributed by atoms with E-state index in [1.54, 1.807) is 29.5 Å². The van der Waals surface area contributed by atoms with Crippen LogP contribution in [0.3, 0.4) is 0 Å². The van der Waals surface area contributed by atoms with Crippen LogP contribution in [0.5, 0.6) is 0 Å². The third kappa shape index (κ3) is 3.37. The molecule has 0 spiro atoms. The Morgan fingerprint density at radius 3 is 3.00 bits per heavy atom. The summed E-state index contributed by atoms with van der Waals surface area (Å²) in [5.74, 6) is -0.135. The Labute approximate surface area is 143 Å². The second kappa shape index (κ2) is 6.86. The van der Waals surface area contributed by atoms with Crippen molar-refractivity contribution in [3.8, 4) is 0 Å². The lowest BCUT2D eigenvalue weighted by atomic mass is 10.2. The molecule has 1 aromatic carbocycles. The zero-order valence-electron chi connectivity index (χ0n) is 11.8. The molecule has 7 heteroatoms. The SMILES string of the molecule is O=C(NCC1CCCN1c1nccs1)c1ccc(Cl)c(Cl)c1. The molecule has 1 saturated heterocycles. The molecule has 0 radical (unpaired) electrons. The van der Waals surface area contributed by atoms with E-state index in [1.165, 1.54) is 0 Å². The summed E-state index contributed by atoms with van der Waals surface area (Å²) in [4.78, 5) is 18.8. The van der Waals surface area contributed by atoms with Crippen molar-refractivity contribution in [1.29, 1.82) is 0 Å². The first-order chi connectivity index (χ1) is 10.6. The zero-order valence-corrected chi connectivity index (χ0v) is 14.1. The highest BCUT2D eigenvalue weighted by molar-refractivity contribution is 7.13. The molecule has 1 fully saturated rings. The molecule has 1 aliphatic heterocycles. The van der Waals surface area contributed by atoms with Gasteiger partial charge in [-0.1, -0.05) is 23.2 Å². The number of aromatic nitrogens is 1. The molecule has 0 bridgehead atoms. The highest BCUT2D eigenvalue weighted by Crippen LogP contribution is 2.27. The number of thiazole rings is 1. The van der Waals surface area contributed by atoms with Gasteiger partial charge in [-0.25, -0.2) is 4.98 Å². The summed E-state index contributed by atoms with van der Waals surface area (Å²) in [5.41, 5.74) is 0.521. The first kappa shape index (κ1) is 15.6. The lowest BCUT2D eigenvalue weighted by Crippen LogP contribution is -2.40. The molecule has 1 N–H and O–H groups in total. The van der Waals surface area contributed by atoms with Crippen LogP contribution in [0.2, 0.25) is 10.0 Å². The molecular formula is C15H15Cl2N3OS. The number of rotatable bonds is 4. The van der Waals surface area contributed by atoms with Gasteiger partial charge < -0.3 is 10.2 Å². The van der Waals surface area contributed by atoms with Crippen molar-refractivity contribution in [2.75, 3.05) is 18.0 Å². The van der Waals surface area contributed by atoms with Gasteiger partial charge in [0.25, 0.3) is 5.91 Å². The number of nitrogens with zero attached hydrogens (tertiary/aromatic N) is 2. The number of hydrogen-bond donors (Lipinski definition) is 1. The molecule has 2 heterocycles. The van der Waals surface area contributed by atoms with Crippen molar-refractivity contribution in [2.24, 2.45) is 0 Å². The largest absolute Gasteiger partial charge is 0.350 e. The van der Waals surface area contributed by atoms with Crippen LogP contribution < -0.4 is 10.2 Å². The number of halogens is 2. The number of nitrogens with one attached hydrogen (secondary N) is 1. The summed E-state index contributed by atoms with van der Waals surface area (Å²) in [5, 5.41) is 6.80. The van der Waals surface area contributed by atoms with Crippen LogP contribution in [0.25, 0.3) is 0 Å². The van der Waals surface area contributed by atoms with Gasteiger partial charge in [-0.2, -0.15) is 0 Å². The Bertz CT molecular complexity index is 663. The monoisotopic (exact) mass is 355 g/mol. The predicted octanol–water partition coefficient (Wildman–Crippen LogP) is 3.85. The summed E-state index contributed by atoms with van der Waals surface area (Å²) in [6.07, 6.45) is 3.98. The number of carbonyl (C=O) groups excluding carboxylic acids is 1. The van der Waals surface area contributed by atoms with Crippen molar-refractivity contribution in [3.63, 3.8) is 0 Å². The number of carbonyl (C=O) groups is 1. The Hall–Kier alpha value is -1.30. The van der Waals surface area contributed by atoms with E-state index in [-0.39, 0.29) is 11.9 Å². The molecule has 4 nitrogen and oxygen atoms in total. The second-order valence-corrected chi connectivity index (χ2v) is 6.83. The van der Waals surface area contributed by atoms with E-state index in [1.807, 2.05) is 11.6 Å². The zero-order chi connectivity index (χ0) is 15.5. The third-order valence-corrected chi connectivity index (χ3v) is 5.27. The standard InChI is InChI=1S/C15H15Cl2N3OS/c16-12-4-3-10(8-13(12)17)14(21)19-9-11-2-1-6-20(11)15-18-5-7-22-15/h3-5,7-8,11H,1-2,6,9H2,(H,19,21). The van der Waals surface area contributed by atoms with E-state index in [0.29, 0.717) is 22.2 Å². The Balaban J connectivity index is 1.61. The molecule has 22 heavy (non-hydrogen) atoms. The highest BCUT2D eigenvalue weighted by Gasteiger charge is 2.26. The Morgan fingerprint density at radius 2 is 2.27 bits per heavy atom. The number of anilines is 1. The molecule has 3 rings (SSSR count). The molecule has 1 unspecified atom stereocenters. The van der Waals surface area contributed by atoms with Crippen LogP contribution in [0.15, 0.2) is 29.8 Å². The first-order valence-corrected chi connectivity index (χ1v) is 8.68. The van der Waals surface area contributed by atoms with Gasteiger partial charge >= 0.3 is 0 Å². The minimum Gasteiger partial charge on any atom is -0.350 e. The van der Waals surface area contributed by atoms with Crippen molar-refractivity contribution >= 4 is 45.6 Å². The van der Waals surface area contributed by atoms with Crippen molar-refractivity contribution in [3.05, 3.63) is 45.4 Å². The van der Waals surface area contributed by atoms with Crippen molar-refractivity contribution < 1.29 is 4.79 Å². The lowest BCUT2D eigenvalue weighted by molar-refractivity contribution is 0.0951. The quantitative estimate of drug-likeness (QED) is 0.905. The summed E-state index contributed by atoms with van der Waals surface area (Å²) < 4.78 is 0. The smallest absolute Gasteiger partial charge is 0.251 e. The Kier molecular flexibility index (Phi) is 4.86. The minimum absolute atomic E-state index is 0.135. The topological polar surface area (TPSA) is 45.2 Å². The van der Waals surface area contributed by atoms with Gasteiger partial charge in [-0.15, -0.1) is 11.3 Å². The van der Waals surface area contributed by atoms with E-state index in [4.69, 9.17) is 23.2 Å². The average molecular weight is 356 g/mol. The molecular weight excluding hydrogens is 341 g/mol. The van der Waals surface area contributed by atoms with Gasteiger partial charge in [0, 0.05) is 36.3 Å². The molecule has 1 amide bonds. The maximum Gasteiger partial charge on any atom is 0.251 e. The fraction of sp³-hybridized carbons (Fsp3) is 0.333. The van der Waals surface area contributed by atoms with Gasteiger partial charge in [0.15, 0.2) is 5.13 Å². The molecule has 2 aromatic rings. The molecule has 0 saturated carbocycles. The van der Waals surface area contributed by atoms with Gasteiger partial charge in [-0.3, -0.25) is 4.79 Å². The predicted molar refractivity (Wildman–Crippen MR) is 91.3 cm³/mol. The van der Waals surface area contributed by atoms with Crippen LogP contribution in [-0.4, -0.2) is 30.0 Å². The number of hydrogen-bond acceptors (Lipinski definition) is 4. The summed E-state index contributed by atoms with van der Waals surface area (Å²) in [6.45, 7) is 1.58. The summed E-state index contributed by atoms with van der Waals surface area (Å²) >= 11 is 13.4. The normalized spacial score (nSPS) is 17.7. The summed E-state index contributed by atoms with van der Waals surface area (Å²) in [6, 6.07) is 5.19. The van der Waals surface area contributed by atoms with Crippen LogP contribution in [-0.2, 0) is 0 Å². The average Bonchev–Trinajstić information content (AvgIpc) is 3.17. The Morgan fingerprint density at radius 1 is 1.41 bits per heavy atom. The highest BCUT2D eigenvalue weighted by atomic mass is 35.5. The van der Waals surface area contributed by atoms with E-state index >= 15 is 0 Å².